The van der Waals surface area contributed by atoms with Crippen LogP contribution in [-0.4, -0.2) is 27.3 Å². The number of amides is 1. The minimum atomic E-state index is -0.241. The molecule has 0 aromatic carbocycles. The third-order valence-electron chi connectivity index (χ3n) is 4.38. The van der Waals surface area contributed by atoms with Gasteiger partial charge in [0.05, 0.1) is 30.5 Å². The second kappa shape index (κ2) is 7.17. The van der Waals surface area contributed by atoms with Crippen LogP contribution in [0.15, 0.2) is 16.8 Å². The monoisotopic (exact) mass is 332 g/mol. The van der Waals surface area contributed by atoms with E-state index in [1.54, 1.807) is 10.9 Å². The molecule has 7 heteroatoms. The average molecular weight is 332 g/mol. The van der Waals surface area contributed by atoms with Crippen molar-refractivity contribution < 1.29 is 13.9 Å². The third kappa shape index (κ3) is 3.51. The number of aryl methyl sites for hydroxylation is 3. The van der Waals surface area contributed by atoms with Crippen LogP contribution in [0.25, 0.3) is 0 Å². The van der Waals surface area contributed by atoms with Gasteiger partial charge in [0.15, 0.2) is 5.89 Å². The molecular weight excluding hydrogens is 308 g/mol. The molecule has 2 atom stereocenters. The van der Waals surface area contributed by atoms with Gasteiger partial charge in [-0.25, -0.2) is 4.98 Å². The molecule has 130 valence electrons. The molecule has 0 spiro atoms. The molecule has 3 rings (SSSR count). The average Bonchev–Trinajstić information content (AvgIpc) is 3.18. The number of carbonyl (C=O) groups is 1. The number of rotatable bonds is 5. The zero-order chi connectivity index (χ0) is 17.1. The standard InChI is InChI=1S/C17H24N4O3/c1-4-15-20-11(2)14(24-15)9-18-17(22)13-6-5-7-23-16(13)12-8-19-21(3)10-12/h8,10,13,16H,4-7,9H2,1-3H3,(H,18,22)/t13-,16+/m1/s1. The van der Waals surface area contributed by atoms with Crippen LogP contribution < -0.4 is 5.32 Å². The molecule has 0 unspecified atom stereocenters. The molecule has 1 aliphatic rings. The first-order chi connectivity index (χ1) is 11.6. The number of ether oxygens (including phenoxy) is 1. The highest BCUT2D eigenvalue weighted by Gasteiger charge is 2.33. The number of nitrogens with zero attached hydrogens (tertiary/aromatic N) is 3. The van der Waals surface area contributed by atoms with E-state index in [4.69, 9.17) is 9.15 Å². The highest BCUT2D eigenvalue weighted by molar-refractivity contribution is 5.79. The van der Waals surface area contributed by atoms with Crippen LogP contribution in [0.4, 0.5) is 0 Å². The quantitative estimate of drug-likeness (QED) is 0.906. The number of nitrogens with one attached hydrogen (secondary N) is 1. The summed E-state index contributed by atoms with van der Waals surface area (Å²) in [7, 11) is 1.86. The number of hydrogen-bond acceptors (Lipinski definition) is 5. The van der Waals surface area contributed by atoms with Gasteiger partial charge in [-0.2, -0.15) is 5.10 Å². The van der Waals surface area contributed by atoms with Crippen molar-refractivity contribution in [2.75, 3.05) is 6.61 Å². The van der Waals surface area contributed by atoms with Crippen LogP contribution >= 0.6 is 0 Å². The summed E-state index contributed by atoms with van der Waals surface area (Å²) in [6.45, 7) is 4.91. The zero-order valence-electron chi connectivity index (χ0n) is 14.4. The molecule has 1 saturated heterocycles. The lowest BCUT2D eigenvalue weighted by atomic mass is 9.90. The molecule has 0 aliphatic carbocycles. The Morgan fingerprint density at radius 1 is 1.50 bits per heavy atom. The van der Waals surface area contributed by atoms with Crippen molar-refractivity contribution >= 4 is 5.91 Å². The maximum absolute atomic E-state index is 12.7. The SMILES string of the molecule is CCc1nc(C)c(CNC(=O)[C@@H]2CCCO[C@H]2c2cnn(C)c2)o1. The van der Waals surface area contributed by atoms with Crippen LogP contribution in [-0.2, 0) is 29.5 Å². The van der Waals surface area contributed by atoms with Crippen LogP contribution in [0.3, 0.4) is 0 Å². The molecule has 0 bridgehead atoms. The van der Waals surface area contributed by atoms with E-state index in [0.29, 0.717) is 19.0 Å². The maximum Gasteiger partial charge on any atom is 0.226 e. The van der Waals surface area contributed by atoms with Crippen LogP contribution in [0.2, 0.25) is 0 Å². The maximum atomic E-state index is 12.7. The molecule has 0 radical (unpaired) electrons. The van der Waals surface area contributed by atoms with E-state index in [-0.39, 0.29) is 17.9 Å². The lowest BCUT2D eigenvalue weighted by Gasteiger charge is -2.30. The van der Waals surface area contributed by atoms with Gasteiger partial charge in [0.1, 0.15) is 5.76 Å². The van der Waals surface area contributed by atoms with E-state index < -0.39 is 0 Å². The topological polar surface area (TPSA) is 82.2 Å². The molecule has 7 nitrogen and oxygen atoms in total. The Hall–Kier alpha value is -2.15. The fourth-order valence-corrected chi connectivity index (χ4v) is 3.07. The molecule has 3 heterocycles. The van der Waals surface area contributed by atoms with Crippen molar-refractivity contribution in [1.29, 1.82) is 0 Å². The zero-order valence-corrected chi connectivity index (χ0v) is 14.4. The van der Waals surface area contributed by atoms with Gasteiger partial charge in [0.2, 0.25) is 5.91 Å². The van der Waals surface area contributed by atoms with E-state index >= 15 is 0 Å². The summed E-state index contributed by atoms with van der Waals surface area (Å²) < 4.78 is 13.2. The van der Waals surface area contributed by atoms with Gasteiger partial charge in [0, 0.05) is 31.8 Å². The van der Waals surface area contributed by atoms with Gasteiger partial charge in [-0.3, -0.25) is 9.48 Å². The number of oxazole rings is 1. The second-order valence-electron chi connectivity index (χ2n) is 6.17. The van der Waals surface area contributed by atoms with Gasteiger partial charge in [-0.15, -0.1) is 0 Å². The molecule has 2 aromatic heterocycles. The van der Waals surface area contributed by atoms with Crippen LogP contribution in [0, 0.1) is 12.8 Å². The van der Waals surface area contributed by atoms with Gasteiger partial charge in [-0.05, 0) is 19.8 Å². The first-order valence-electron chi connectivity index (χ1n) is 8.41. The largest absolute Gasteiger partial charge is 0.444 e. The van der Waals surface area contributed by atoms with E-state index in [1.165, 1.54) is 0 Å². The molecule has 0 saturated carbocycles. The van der Waals surface area contributed by atoms with Crippen molar-refractivity contribution in [1.82, 2.24) is 20.1 Å². The van der Waals surface area contributed by atoms with Crippen molar-refractivity contribution in [3.05, 3.63) is 35.3 Å². The molecular formula is C17H24N4O3. The second-order valence-corrected chi connectivity index (χ2v) is 6.17. The highest BCUT2D eigenvalue weighted by Crippen LogP contribution is 2.33. The van der Waals surface area contributed by atoms with E-state index in [9.17, 15) is 4.79 Å². The molecule has 24 heavy (non-hydrogen) atoms. The van der Waals surface area contributed by atoms with Gasteiger partial charge in [-0.1, -0.05) is 6.92 Å². The Balaban J connectivity index is 1.66. The summed E-state index contributed by atoms with van der Waals surface area (Å²) in [5.41, 5.74) is 1.78. The van der Waals surface area contributed by atoms with E-state index in [2.05, 4.69) is 15.4 Å². The predicted molar refractivity (Wildman–Crippen MR) is 87.1 cm³/mol. The van der Waals surface area contributed by atoms with Crippen molar-refractivity contribution in [3.63, 3.8) is 0 Å². The summed E-state index contributed by atoms with van der Waals surface area (Å²) in [5.74, 6) is 1.19. The highest BCUT2D eigenvalue weighted by atomic mass is 16.5. The fourth-order valence-electron chi connectivity index (χ4n) is 3.07. The molecule has 1 N–H and O–H groups in total. The molecule has 1 fully saturated rings. The summed E-state index contributed by atoms with van der Waals surface area (Å²) in [4.78, 5) is 17.0. The minimum absolute atomic E-state index is 0.0163. The summed E-state index contributed by atoms with van der Waals surface area (Å²) >= 11 is 0. The van der Waals surface area contributed by atoms with Crippen molar-refractivity contribution in [3.8, 4) is 0 Å². The van der Waals surface area contributed by atoms with Crippen molar-refractivity contribution in [2.24, 2.45) is 13.0 Å². The Morgan fingerprint density at radius 2 is 2.33 bits per heavy atom. The molecule has 2 aromatic rings. The number of carbonyl (C=O) groups excluding carboxylic acids is 1. The number of hydrogen-bond donors (Lipinski definition) is 1. The van der Waals surface area contributed by atoms with Gasteiger partial charge in [0.25, 0.3) is 0 Å². The Bertz CT molecular complexity index is 707. The smallest absolute Gasteiger partial charge is 0.226 e. The summed E-state index contributed by atoms with van der Waals surface area (Å²) in [6, 6.07) is 0. The third-order valence-corrected chi connectivity index (χ3v) is 4.38. The predicted octanol–water partition coefficient (Wildman–Crippen LogP) is 2.06. The van der Waals surface area contributed by atoms with Crippen LogP contribution in [0.1, 0.15) is 48.8 Å². The van der Waals surface area contributed by atoms with Crippen molar-refractivity contribution in [2.45, 2.75) is 45.8 Å². The lowest BCUT2D eigenvalue weighted by molar-refractivity contribution is -0.135. The molecule has 1 aliphatic heterocycles. The van der Waals surface area contributed by atoms with E-state index in [1.807, 2.05) is 27.1 Å². The van der Waals surface area contributed by atoms with Gasteiger partial charge < -0.3 is 14.5 Å². The normalized spacial score (nSPS) is 21.0. The summed E-state index contributed by atoms with van der Waals surface area (Å²) in [6.07, 6.45) is 5.87. The number of aromatic nitrogens is 3. The van der Waals surface area contributed by atoms with Crippen LogP contribution in [0.5, 0.6) is 0 Å². The summed E-state index contributed by atoms with van der Waals surface area (Å²) in [5, 5.41) is 7.16. The first kappa shape index (κ1) is 16.7. The molecule has 1 amide bonds. The Kier molecular flexibility index (Phi) is 4.99. The van der Waals surface area contributed by atoms with E-state index in [0.717, 1.165) is 36.3 Å². The fraction of sp³-hybridized carbons (Fsp3) is 0.588. The first-order valence-corrected chi connectivity index (χ1v) is 8.41. The Morgan fingerprint density at radius 3 is 3.00 bits per heavy atom. The van der Waals surface area contributed by atoms with Gasteiger partial charge >= 0.3 is 0 Å². The lowest BCUT2D eigenvalue weighted by Crippen LogP contribution is -2.37. The minimum Gasteiger partial charge on any atom is -0.444 e. The Labute approximate surface area is 141 Å².